The maximum absolute atomic E-state index is 13.1. The maximum Gasteiger partial charge on any atom is 0.159 e. The van der Waals surface area contributed by atoms with Crippen molar-refractivity contribution < 1.29 is 4.39 Å². The van der Waals surface area contributed by atoms with Crippen molar-refractivity contribution in [2.24, 2.45) is 0 Å². The van der Waals surface area contributed by atoms with Crippen LogP contribution in [0.1, 0.15) is 24.2 Å². The molecule has 1 unspecified atom stereocenters. The number of benzene rings is 1. The Morgan fingerprint density at radius 3 is 2.75 bits per heavy atom. The van der Waals surface area contributed by atoms with E-state index in [4.69, 9.17) is 0 Å². The molecule has 120 valence electrons. The predicted molar refractivity (Wildman–Crippen MR) is 88.8 cm³/mol. The zero-order valence-electron chi connectivity index (χ0n) is 12.9. The van der Waals surface area contributed by atoms with Gasteiger partial charge in [-0.1, -0.05) is 19.1 Å². The van der Waals surface area contributed by atoms with Crippen molar-refractivity contribution in [3.63, 3.8) is 0 Å². The van der Waals surface area contributed by atoms with E-state index in [1.165, 1.54) is 12.1 Å². The second-order valence-corrected chi connectivity index (χ2v) is 5.53. The molecule has 3 heterocycles. The van der Waals surface area contributed by atoms with E-state index < -0.39 is 0 Å². The Bertz CT molecular complexity index is 959. The number of fused-ring (bicyclic) bond motifs is 1. The first-order chi connectivity index (χ1) is 11.7. The second kappa shape index (κ2) is 5.77. The largest absolute Gasteiger partial charge is 0.323 e. The van der Waals surface area contributed by atoms with Crippen molar-refractivity contribution in [1.82, 2.24) is 24.8 Å². The third-order valence-corrected chi connectivity index (χ3v) is 3.92. The summed E-state index contributed by atoms with van der Waals surface area (Å²) in [5, 5.41) is 14.6. The van der Waals surface area contributed by atoms with Gasteiger partial charge in [0.25, 0.3) is 0 Å². The van der Waals surface area contributed by atoms with E-state index in [9.17, 15) is 4.39 Å². The summed E-state index contributed by atoms with van der Waals surface area (Å²) < 4.78 is 14.9. The number of nitrogens with zero attached hydrogens (tertiary/aromatic N) is 4. The molecule has 0 spiro atoms. The van der Waals surface area contributed by atoms with Gasteiger partial charge in [0.15, 0.2) is 11.6 Å². The molecule has 0 saturated carbocycles. The number of aromatic nitrogens is 5. The van der Waals surface area contributed by atoms with E-state index in [1.807, 2.05) is 31.3 Å². The number of hydrogen-bond donors (Lipinski definition) is 2. The monoisotopic (exact) mass is 322 g/mol. The Hall–Kier alpha value is -3.22. The van der Waals surface area contributed by atoms with Gasteiger partial charge in [0.1, 0.15) is 17.2 Å². The topological polar surface area (TPSA) is 70.9 Å². The molecule has 0 aliphatic heterocycles. The van der Waals surface area contributed by atoms with Gasteiger partial charge in [-0.05, 0) is 29.8 Å². The summed E-state index contributed by atoms with van der Waals surface area (Å²) in [6, 6.07) is 12.1. The number of anilines is 2. The highest BCUT2D eigenvalue weighted by Crippen LogP contribution is 2.25. The van der Waals surface area contributed by atoms with Crippen LogP contribution in [-0.2, 0) is 0 Å². The highest BCUT2D eigenvalue weighted by Gasteiger charge is 2.16. The summed E-state index contributed by atoms with van der Waals surface area (Å²) >= 11 is 0. The van der Waals surface area contributed by atoms with Crippen molar-refractivity contribution in [3.8, 4) is 0 Å². The molecule has 0 radical (unpaired) electrons. The number of aromatic amines is 1. The molecule has 1 aromatic carbocycles. The van der Waals surface area contributed by atoms with Crippen LogP contribution in [0.15, 0.2) is 54.9 Å². The van der Waals surface area contributed by atoms with Gasteiger partial charge in [-0.3, -0.25) is 5.10 Å². The lowest BCUT2D eigenvalue weighted by Gasteiger charge is -2.13. The molecule has 3 aromatic heterocycles. The van der Waals surface area contributed by atoms with Crippen LogP contribution in [0.4, 0.5) is 16.0 Å². The Morgan fingerprint density at radius 1 is 1.17 bits per heavy atom. The molecule has 0 aliphatic carbocycles. The van der Waals surface area contributed by atoms with E-state index in [1.54, 1.807) is 22.8 Å². The molecule has 7 heteroatoms. The highest BCUT2D eigenvalue weighted by atomic mass is 19.1. The minimum Gasteiger partial charge on any atom is -0.323 e. The summed E-state index contributed by atoms with van der Waals surface area (Å²) in [6.07, 6.45) is 3.54. The Kier molecular flexibility index (Phi) is 3.45. The lowest BCUT2D eigenvalue weighted by atomic mass is 10.0. The van der Waals surface area contributed by atoms with E-state index in [2.05, 4.69) is 25.6 Å². The highest BCUT2D eigenvalue weighted by molar-refractivity contribution is 5.71. The SMILES string of the molecule is CC(c1ccc(F)cc1)c1nc(Nc2ccn[nH]2)c2cccn2n1. The first kappa shape index (κ1) is 14.4. The molecule has 0 fully saturated rings. The quantitative estimate of drug-likeness (QED) is 0.603. The number of rotatable bonds is 4. The number of hydrogen-bond acceptors (Lipinski definition) is 4. The van der Waals surface area contributed by atoms with Crippen molar-refractivity contribution in [2.45, 2.75) is 12.8 Å². The molecule has 0 aliphatic rings. The first-order valence-corrected chi connectivity index (χ1v) is 7.58. The zero-order valence-corrected chi connectivity index (χ0v) is 12.9. The smallest absolute Gasteiger partial charge is 0.159 e. The van der Waals surface area contributed by atoms with Crippen molar-refractivity contribution >= 4 is 17.2 Å². The second-order valence-electron chi connectivity index (χ2n) is 5.53. The molecule has 4 rings (SSSR count). The fourth-order valence-electron chi connectivity index (χ4n) is 2.58. The van der Waals surface area contributed by atoms with E-state index in [0.29, 0.717) is 11.6 Å². The lowest BCUT2D eigenvalue weighted by Crippen LogP contribution is -2.09. The normalized spacial score (nSPS) is 12.4. The molecule has 6 nitrogen and oxygen atoms in total. The summed E-state index contributed by atoms with van der Waals surface area (Å²) in [5.74, 6) is 1.75. The van der Waals surface area contributed by atoms with Crippen LogP contribution in [0.5, 0.6) is 0 Å². The molecular weight excluding hydrogens is 307 g/mol. The summed E-state index contributed by atoms with van der Waals surface area (Å²) in [5.41, 5.74) is 1.81. The Morgan fingerprint density at radius 2 is 2.00 bits per heavy atom. The van der Waals surface area contributed by atoms with Crippen LogP contribution in [0, 0.1) is 5.82 Å². The van der Waals surface area contributed by atoms with E-state index in [-0.39, 0.29) is 11.7 Å². The van der Waals surface area contributed by atoms with Gasteiger partial charge in [-0.25, -0.2) is 13.9 Å². The minimum absolute atomic E-state index is 0.0697. The molecular formula is C17H15FN6. The molecule has 24 heavy (non-hydrogen) atoms. The zero-order chi connectivity index (χ0) is 16.5. The van der Waals surface area contributed by atoms with Gasteiger partial charge >= 0.3 is 0 Å². The fraction of sp³-hybridized carbons (Fsp3) is 0.118. The third kappa shape index (κ3) is 2.60. The molecule has 1 atom stereocenters. The predicted octanol–water partition coefficient (Wildman–Crippen LogP) is 3.49. The van der Waals surface area contributed by atoms with E-state index in [0.717, 1.165) is 16.9 Å². The van der Waals surface area contributed by atoms with Gasteiger partial charge in [0.05, 0.1) is 6.20 Å². The summed E-state index contributed by atoms with van der Waals surface area (Å²) in [6.45, 7) is 2.00. The first-order valence-electron chi connectivity index (χ1n) is 7.58. The standard InChI is InChI=1S/C17H15FN6/c1-11(12-4-6-13(18)7-5-12)16-21-17(20-15-8-9-19-22-15)14-3-2-10-24(14)23-16/h2-11H,1H3,(H2,19,20,21,22,23). The van der Waals surface area contributed by atoms with Crippen LogP contribution in [0.25, 0.3) is 5.52 Å². The van der Waals surface area contributed by atoms with Gasteiger partial charge in [-0.2, -0.15) is 10.2 Å². The van der Waals surface area contributed by atoms with Gasteiger partial charge in [0.2, 0.25) is 0 Å². The molecule has 0 bridgehead atoms. The van der Waals surface area contributed by atoms with Crippen molar-refractivity contribution in [3.05, 3.63) is 72.1 Å². The van der Waals surface area contributed by atoms with Crippen molar-refractivity contribution in [2.75, 3.05) is 5.32 Å². The van der Waals surface area contributed by atoms with Gasteiger partial charge in [0, 0.05) is 18.2 Å². The van der Waals surface area contributed by atoms with Crippen LogP contribution >= 0.6 is 0 Å². The average Bonchev–Trinajstić information content (AvgIpc) is 3.26. The molecule has 0 saturated heterocycles. The Labute approximate surface area is 137 Å². The van der Waals surface area contributed by atoms with E-state index >= 15 is 0 Å². The van der Waals surface area contributed by atoms with Crippen LogP contribution < -0.4 is 5.32 Å². The van der Waals surface area contributed by atoms with Gasteiger partial charge < -0.3 is 5.32 Å². The van der Waals surface area contributed by atoms with Crippen LogP contribution in [0.3, 0.4) is 0 Å². The number of H-pyrrole nitrogens is 1. The summed E-state index contributed by atoms with van der Waals surface area (Å²) in [7, 11) is 0. The maximum atomic E-state index is 13.1. The molecule has 2 N–H and O–H groups in total. The molecule has 0 amide bonds. The van der Waals surface area contributed by atoms with Crippen LogP contribution in [-0.4, -0.2) is 24.8 Å². The van der Waals surface area contributed by atoms with Crippen molar-refractivity contribution in [1.29, 1.82) is 0 Å². The molecule has 4 aromatic rings. The lowest BCUT2D eigenvalue weighted by molar-refractivity contribution is 0.626. The van der Waals surface area contributed by atoms with Crippen LogP contribution in [0.2, 0.25) is 0 Å². The minimum atomic E-state index is -0.255. The number of nitrogens with one attached hydrogen (secondary N) is 2. The van der Waals surface area contributed by atoms with Gasteiger partial charge in [-0.15, -0.1) is 0 Å². The fourth-order valence-corrected chi connectivity index (χ4v) is 2.58. The summed E-state index contributed by atoms with van der Waals surface area (Å²) in [4.78, 5) is 4.66. The number of halogens is 1. The average molecular weight is 322 g/mol. The third-order valence-electron chi connectivity index (χ3n) is 3.92. The Balaban J connectivity index is 1.76.